The van der Waals surface area contributed by atoms with Crippen molar-refractivity contribution in [3.63, 3.8) is 0 Å². The normalized spacial score (nSPS) is 19.4. The maximum absolute atomic E-state index is 14.2. The number of aryl methyl sites for hydroxylation is 1. The minimum Gasteiger partial charge on any atom is -0.497 e. The summed E-state index contributed by atoms with van der Waals surface area (Å²) in [5, 5.41) is 0. The fourth-order valence-electron chi connectivity index (χ4n) is 6.91. The molecule has 7 heteroatoms. The van der Waals surface area contributed by atoms with Gasteiger partial charge >= 0.3 is 5.97 Å². The number of cyclic esters (lactones) is 1. The number of methoxy groups -OCH3 is 1. The summed E-state index contributed by atoms with van der Waals surface area (Å²) >= 11 is 0. The van der Waals surface area contributed by atoms with E-state index in [0.717, 1.165) is 27.8 Å². The molecule has 5 aromatic rings. The fraction of sp³-hybridized carbons (Fsp3) is 0.146. The summed E-state index contributed by atoms with van der Waals surface area (Å²) in [6.07, 6.45) is 4.00. The zero-order chi connectivity index (χ0) is 33.3. The van der Waals surface area contributed by atoms with Crippen LogP contribution in [0.15, 0.2) is 151 Å². The lowest BCUT2D eigenvalue weighted by molar-refractivity contribution is -0.143. The van der Waals surface area contributed by atoms with Gasteiger partial charge < -0.3 is 9.47 Å². The van der Waals surface area contributed by atoms with Crippen LogP contribution in [-0.4, -0.2) is 21.5 Å². The number of fused-ring (bicyclic) bond motifs is 3. The summed E-state index contributed by atoms with van der Waals surface area (Å²) in [6, 6.07) is 41.7. The van der Waals surface area contributed by atoms with Gasteiger partial charge in [0.05, 0.1) is 23.6 Å². The zero-order valence-corrected chi connectivity index (χ0v) is 27.4. The van der Waals surface area contributed by atoms with Gasteiger partial charge in [0.1, 0.15) is 11.5 Å². The predicted molar refractivity (Wildman–Crippen MR) is 188 cm³/mol. The molecule has 1 aliphatic heterocycles. The number of nitrogens with one attached hydrogen (secondary N) is 1. The van der Waals surface area contributed by atoms with Gasteiger partial charge in [-0.25, -0.2) is 8.42 Å². The largest absolute Gasteiger partial charge is 0.497 e. The Kier molecular flexibility index (Phi) is 8.46. The predicted octanol–water partition coefficient (Wildman–Crippen LogP) is 8.20. The minimum absolute atomic E-state index is 0.166. The molecule has 0 amide bonds. The van der Waals surface area contributed by atoms with E-state index in [2.05, 4.69) is 4.72 Å². The minimum atomic E-state index is -3.95. The molecule has 0 fully saturated rings. The van der Waals surface area contributed by atoms with Crippen molar-refractivity contribution in [3.05, 3.63) is 179 Å². The summed E-state index contributed by atoms with van der Waals surface area (Å²) in [5.41, 5.74) is 5.85. The summed E-state index contributed by atoms with van der Waals surface area (Å²) in [4.78, 5) is 14.4. The fourth-order valence-corrected chi connectivity index (χ4v) is 7.99. The van der Waals surface area contributed by atoms with Crippen LogP contribution in [0.25, 0.3) is 11.5 Å². The van der Waals surface area contributed by atoms with Gasteiger partial charge in [0.15, 0.2) is 0 Å². The molecular weight excluding hydrogens is 619 g/mol. The Morgan fingerprint density at radius 3 is 2.12 bits per heavy atom. The topological polar surface area (TPSA) is 81.7 Å². The van der Waals surface area contributed by atoms with E-state index in [-0.39, 0.29) is 22.7 Å². The van der Waals surface area contributed by atoms with Gasteiger partial charge in [-0.1, -0.05) is 121 Å². The van der Waals surface area contributed by atoms with E-state index in [9.17, 15) is 13.2 Å². The number of rotatable bonds is 9. The highest BCUT2D eigenvalue weighted by Gasteiger charge is 2.50. The van der Waals surface area contributed by atoms with Gasteiger partial charge in [0, 0.05) is 23.3 Å². The molecule has 0 spiro atoms. The van der Waals surface area contributed by atoms with Crippen molar-refractivity contribution < 1.29 is 22.7 Å². The number of carbonyl (C=O) groups is 1. The molecule has 0 bridgehead atoms. The van der Waals surface area contributed by atoms with E-state index < -0.39 is 21.9 Å². The average molecular weight is 654 g/mol. The maximum atomic E-state index is 14.2. The molecule has 240 valence electrons. The molecule has 7 rings (SSSR count). The second-order valence-corrected chi connectivity index (χ2v) is 13.9. The van der Waals surface area contributed by atoms with E-state index in [1.165, 1.54) is 0 Å². The van der Waals surface area contributed by atoms with Crippen molar-refractivity contribution in [1.29, 1.82) is 0 Å². The third-order valence-electron chi connectivity index (χ3n) is 9.24. The Morgan fingerprint density at radius 2 is 1.46 bits per heavy atom. The number of hydrogen-bond acceptors (Lipinski definition) is 5. The third-order valence-corrected chi connectivity index (χ3v) is 10.6. The SMILES string of the molecule is COc1ccc2c(c1)[C@H]1C=C(c3ccccc3)OC(=O)[C@H]1[C@@H]2[C@H](/C=C(\NS(=O)(=O)c1ccc(C)cc1)c1ccccc1)c1ccccc1. The summed E-state index contributed by atoms with van der Waals surface area (Å²) in [5.74, 6) is -0.724. The highest BCUT2D eigenvalue weighted by molar-refractivity contribution is 7.89. The number of ether oxygens (including phenoxy) is 2. The number of allylic oxidation sites excluding steroid dienone is 2. The van der Waals surface area contributed by atoms with Crippen molar-refractivity contribution >= 4 is 27.4 Å². The standard InChI is InChI=1S/C41H35NO5S/c1-27-18-21-32(22-19-27)48(44,45)42-37(29-14-8-4-9-15-29)25-34(28-12-6-3-7-13-28)39-33-23-20-31(46-2)24-35(33)36-26-38(47-41(43)40(36)39)30-16-10-5-11-17-30/h3-26,34,36,39-40,42H,1-2H3/b37-25-/t34-,36-,39+,40-/m1/s1. The smallest absolute Gasteiger partial charge is 0.315 e. The molecule has 0 radical (unpaired) electrons. The van der Waals surface area contributed by atoms with Crippen LogP contribution in [0.5, 0.6) is 5.75 Å². The lowest BCUT2D eigenvalue weighted by atomic mass is 9.74. The van der Waals surface area contributed by atoms with Crippen LogP contribution >= 0.6 is 0 Å². The van der Waals surface area contributed by atoms with Crippen LogP contribution in [0.2, 0.25) is 0 Å². The van der Waals surface area contributed by atoms with Gasteiger partial charge in [-0.3, -0.25) is 9.52 Å². The molecule has 0 saturated heterocycles. The van der Waals surface area contributed by atoms with Gasteiger partial charge in [-0.05, 0) is 59.5 Å². The molecule has 1 aliphatic carbocycles. The van der Waals surface area contributed by atoms with E-state index in [0.29, 0.717) is 22.8 Å². The van der Waals surface area contributed by atoms with Crippen molar-refractivity contribution in [1.82, 2.24) is 4.72 Å². The Balaban J connectivity index is 1.41. The molecule has 5 aromatic carbocycles. The number of carbonyl (C=O) groups excluding carboxylic acids is 1. The molecule has 0 unspecified atom stereocenters. The van der Waals surface area contributed by atoms with Gasteiger partial charge in [0.25, 0.3) is 10.0 Å². The van der Waals surface area contributed by atoms with E-state index >= 15 is 0 Å². The highest BCUT2D eigenvalue weighted by Crippen LogP contribution is 2.57. The third kappa shape index (κ3) is 6.05. The van der Waals surface area contributed by atoms with Crippen molar-refractivity contribution in [2.75, 3.05) is 7.11 Å². The molecule has 1 N–H and O–H groups in total. The first kappa shape index (κ1) is 31.2. The van der Waals surface area contributed by atoms with E-state index in [4.69, 9.17) is 9.47 Å². The highest BCUT2D eigenvalue weighted by atomic mass is 32.2. The van der Waals surface area contributed by atoms with Crippen LogP contribution < -0.4 is 9.46 Å². The first-order valence-electron chi connectivity index (χ1n) is 15.9. The molecule has 48 heavy (non-hydrogen) atoms. The first-order chi connectivity index (χ1) is 23.3. The lowest BCUT2D eigenvalue weighted by Crippen LogP contribution is -2.30. The molecule has 6 nitrogen and oxygen atoms in total. The molecule has 0 aromatic heterocycles. The Morgan fingerprint density at radius 1 is 0.812 bits per heavy atom. The molecule has 4 atom stereocenters. The average Bonchev–Trinajstić information content (AvgIpc) is 3.45. The summed E-state index contributed by atoms with van der Waals surface area (Å²) in [6.45, 7) is 1.92. The van der Waals surface area contributed by atoms with Crippen molar-refractivity contribution in [3.8, 4) is 5.75 Å². The Hall–Kier alpha value is -5.40. The van der Waals surface area contributed by atoms with Gasteiger partial charge in [-0.15, -0.1) is 0 Å². The van der Waals surface area contributed by atoms with Crippen LogP contribution in [0.1, 0.15) is 51.1 Å². The summed E-state index contributed by atoms with van der Waals surface area (Å²) in [7, 11) is -2.32. The maximum Gasteiger partial charge on any atom is 0.315 e. The van der Waals surface area contributed by atoms with Crippen molar-refractivity contribution in [2.45, 2.75) is 29.6 Å². The lowest BCUT2D eigenvalue weighted by Gasteiger charge is -2.32. The Labute approximate surface area is 281 Å². The van der Waals surface area contributed by atoms with E-state index in [1.54, 1.807) is 31.4 Å². The number of hydrogen-bond donors (Lipinski definition) is 1. The second kappa shape index (κ2) is 13.0. The Bertz CT molecular complexity index is 2110. The van der Waals surface area contributed by atoms with Crippen molar-refractivity contribution in [2.24, 2.45) is 5.92 Å². The van der Waals surface area contributed by atoms with Gasteiger partial charge in [0.2, 0.25) is 0 Å². The molecular formula is C41H35NO5S. The van der Waals surface area contributed by atoms with Crippen LogP contribution in [0.3, 0.4) is 0 Å². The van der Waals surface area contributed by atoms with Crippen LogP contribution in [-0.2, 0) is 19.6 Å². The quantitative estimate of drug-likeness (QED) is 0.162. The number of esters is 1. The molecule has 2 aliphatic rings. The van der Waals surface area contributed by atoms with Crippen LogP contribution in [0.4, 0.5) is 0 Å². The summed E-state index contributed by atoms with van der Waals surface area (Å²) < 4.78 is 42.3. The number of sulfonamides is 1. The molecule has 1 heterocycles. The number of benzene rings is 5. The van der Waals surface area contributed by atoms with Gasteiger partial charge in [-0.2, -0.15) is 0 Å². The first-order valence-corrected chi connectivity index (χ1v) is 17.4. The monoisotopic (exact) mass is 653 g/mol. The van der Waals surface area contributed by atoms with Crippen LogP contribution in [0, 0.1) is 12.8 Å². The zero-order valence-electron chi connectivity index (χ0n) is 26.6. The van der Waals surface area contributed by atoms with E-state index in [1.807, 2.05) is 128 Å². The second-order valence-electron chi connectivity index (χ2n) is 12.2. The molecule has 0 saturated carbocycles.